The number of rotatable bonds is 6. The summed E-state index contributed by atoms with van der Waals surface area (Å²) in [5.41, 5.74) is 1.90. The van der Waals surface area contributed by atoms with Gasteiger partial charge in [0.2, 0.25) is 5.91 Å². The number of nitrogens with zero attached hydrogens (tertiary/aromatic N) is 3. The molecule has 0 N–H and O–H groups in total. The van der Waals surface area contributed by atoms with E-state index < -0.39 is 5.60 Å². The highest BCUT2D eigenvalue weighted by atomic mass is 16.5. The Morgan fingerprint density at radius 2 is 1.97 bits per heavy atom. The lowest BCUT2D eigenvalue weighted by Gasteiger charge is -2.43. The van der Waals surface area contributed by atoms with Crippen molar-refractivity contribution in [1.82, 2.24) is 14.8 Å². The molecule has 30 heavy (non-hydrogen) atoms. The van der Waals surface area contributed by atoms with Gasteiger partial charge in [-0.2, -0.15) is 0 Å². The summed E-state index contributed by atoms with van der Waals surface area (Å²) < 4.78 is 6.17. The Bertz CT molecular complexity index is 882. The van der Waals surface area contributed by atoms with E-state index >= 15 is 0 Å². The topological polar surface area (TPSA) is 62.7 Å². The Balaban J connectivity index is 1.96. The number of amides is 2. The number of carbonyl (C=O) groups is 2. The molecule has 160 valence electrons. The quantitative estimate of drug-likeness (QED) is 0.736. The summed E-state index contributed by atoms with van der Waals surface area (Å²) in [5, 5.41) is 0. The van der Waals surface area contributed by atoms with Gasteiger partial charge in [-0.3, -0.25) is 14.6 Å². The molecule has 0 bridgehead atoms. The highest BCUT2D eigenvalue weighted by Crippen LogP contribution is 2.31. The summed E-state index contributed by atoms with van der Waals surface area (Å²) in [6.45, 7) is 5.18. The van der Waals surface area contributed by atoms with E-state index in [-0.39, 0.29) is 24.3 Å². The number of morpholine rings is 1. The van der Waals surface area contributed by atoms with Crippen molar-refractivity contribution in [3.05, 3.63) is 54.4 Å². The maximum absolute atomic E-state index is 13.3. The zero-order chi connectivity index (χ0) is 21.7. The van der Waals surface area contributed by atoms with Gasteiger partial charge in [0.15, 0.2) is 5.60 Å². The molecule has 2 amide bonds. The average molecular weight is 410 g/mol. The van der Waals surface area contributed by atoms with Crippen LogP contribution in [-0.2, 0) is 20.7 Å². The van der Waals surface area contributed by atoms with Crippen molar-refractivity contribution in [1.29, 1.82) is 0 Å². The molecule has 6 nitrogen and oxygen atoms in total. The molecule has 1 atom stereocenters. The molecule has 6 heteroatoms. The van der Waals surface area contributed by atoms with Gasteiger partial charge in [-0.15, -0.1) is 0 Å². The van der Waals surface area contributed by atoms with Gasteiger partial charge in [-0.1, -0.05) is 44.2 Å². The highest BCUT2D eigenvalue weighted by Gasteiger charge is 2.46. The van der Waals surface area contributed by atoms with Crippen LogP contribution in [0.5, 0.6) is 0 Å². The summed E-state index contributed by atoms with van der Waals surface area (Å²) in [5.74, 6) is 0.223. The Morgan fingerprint density at radius 3 is 2.63 bits per heavy atom. The lowest BCUT2D eigenvalue weighted by Crippen LogP contribution is -2.61. The number of pyridine rings is 1. The number of hydrogen-bond acceptors (Lipinski definition) is 4. The molecule has 0 saturated carbocycles. The van der Waals surface area contributed by atoms with E-state index in [1.807, 2.05) is 56.4 Å². The van der Waals surface area contributed by atoms with Crippen LogP contribution in [0.15, 0.2) is 48.8 Å². The van der Waals surface area contributed by atoms with Crippen molar-refractivity contribution in [2.24, 2.45) is 5.92 Å². The van der Waals surface area contributed by atoms with Crippen LogP contribution >= 0.6 is 0 Å². The number of benzene rings is 1. The van der Waals surface area contributed by atoms with Crippen molar-refractivity contribution < 1.29 is 14.3 Å². The second-order valence-corrected chi connectivity index (χ2v) is 8.53. The highest BCUT2D eigenvalue weighted by molar-refractivity contribution is 5.87. The van der Waals surface area contributed by atoms with Crippen molar-refractivity contribution in [3.8, 4) is 11.1 Å². The van der Waals surface area contributed by atoms with Crippen molar-refractivity contribution in [3.63, 3.8) is 0 Å². The first-order chi connectivity index (χ1) is 14.3. The smallest absolute Gasteiger partial charge is 0.256 e. The summed E-state index contributed by atoms with van der Waals surface area (Å²) in [4.78, 5) is 33.7. The fourth-order valence-corrected chi connectivity index (χ4v) is 3.98. The Morgan fingerprint density at radius 1 is 1.20 bits per heavy atom. The minimum absolute atomic E-state index is 0.0739. The number of carbonyl (C=O) groups excluding carboxylic acids is 2. The third kappa shape index (κ3) is 4.87. The molecule has 2 aromatic rings. The number of aromatic nitrogens is 1. The summed E-state index contributed by atoms with van der Waals surface area (Å²) in [7, 11) is 3.46. The summed E-state index contributed by atoms with van der Waals surface area (Å²) in [6.07, 6.45) is 4.42. The monoisotopic (exact) mass is 409 g/mol. The zero-order valence-corrected chi connectivity index (χ0v) is 18.3. The molecule has 2 heterocycles. The second kappa shape index (κ2) is 9.39. The minimum atomic E-state index is -1.10. The maximum Gasteiger partial charge on any atom is 0.256 e. The molecule has 3 rings (SSSR count). The van der Waals surface area contributed by atoms with E-state index in [4.69, 9.17) is 4.74 Å². The van der Waals surface area contributed by atoms with Gasteiger partial charge in [0, 0.05) is 51.4 Å². The van der Waals surface area contributed by atoms with Gasteiger partial charge in [0.05, 0.1) is 13.2 Å². The molecule has 1 aromatic carbocycles. The zero-order valence-electron chi connectivity index (χ0n) is 18.3. The molecule has 1 saturated heterocycles. The van der Waals surface area contributed by atoms with E-state index in [9.17, 15) is 9.59 Å². The van der Waals surface area contributed by atoms with Crippen LogP contribution < -0.4 is 0 Å². The van der Waals surface area contributed by atoms with Gasteiger partial charge in [0.25, 0.3) is 5.91 Å². The molecule has 1 aromatic heterocycles. The van der Waals surface area contributed by atoms with Gasteiger partial charge in [-0.25, -0.2) is 0 Å². The Kier molecular flexibility index (Phi) is 6.87. The first kappa shape index (κ1) is 22.0. The van der Waals surface area contributed by atoms with Crippen molar-refractivity contribution >= 4 is 11.8 Å². The van der Waals surface area contributed by atoms with Gasteiger partial charge < -0.3 is 14.5 Å². The maximum atomic E-state index is 13.3. The van der Waals surface area contributed by atoms with Crippen molar-refractivity contribution in [2.75, 3.05) is 33.8 Å². The van der Waals surface area contributed by atoms with Crippen LogP contribution in [0, 0.1) is 5.92 Å². The molecule has 0 spiro atoms. The first-order valence-electron chi connectivity index (χ1n) is 10.4. The fraction of sp³-hybridized carbons (Fsp3) is 0.458. The normalized spacial score (nSPS) is 19.0. The third-order valence-electron chi connectivity index (χ3n) is 5.38. The summed E-state index contributed by atoms with van der Waals surface area (Å²) in [6, 6.07) is 11.9. The molecule has 0 aliphatic carbocycles. The molecular formula is C24H31N3O3. The SMILES string of the molecule is CC(C)CC(=O)N1CCO[C@](Cc2ccccc2-c2cccnc2)(C(=O)N(C)C)C1. The predicted molar refractivity (Wildman–Crippen MR) is 117 cm³/mol. The van der Waals surface area contributed by atoms with Gasteiger partial charge in [-0.05, 0) is 23.1 Å². The van der Waals surface area contributed by atoms with Gasteiger partial charge in [0.1, 0.15) is 0 Å². The number of hydrogen-bond donors (Lipinski definition) is 0. The van der Waals surface area contributed by atoms with E-state index in [1.165, 1.54) is 0 Å². The first-order valence-corrected chi connectivity index (χ1v) is 10.4. The molecule has 1 aliphatic heterocycles. The lowest BCUT2D eigenvalue weighted by molar-refractivity contribution is -0.172. The number of ether oxygens (including phenoxy) is 1. The molecule has 1 aliphatic rings. The number of likely N-dealkylation sites (N-methyl/N-ethyl adjacent to an activating group) is 1. The van der Waals surface area contributed by atoms with Crippen LogP contribution in [0.2, 0.25) is 0 Å². The molecule has 0 radical (unpaired) electrons. The molecule has 0 unspecified atom stereocenters. The second-order valence-electron chi connectivity index (χ2n) is 8.53. The Hall–Kier alpha value is -2.73. The van der Waals surface area contributed by atoms with Crippen LogP contribution in [-0.4, -0.2) is 66.0 Å². The third-order valence-corrected chi connectivity index (χ3v) is 5.38. The average Bonchev–Trinajstić information content (AvgIpc) is 2.74. The van der Waals surface area contributed by atoms with E-state index in [0.717, 1.165) is 16.7 Å². The lowest BCUT2D eigenvalue weighted by atomic mass is 9.87. The Labute approximate surface area is 178 Å². The molecular weight excluding hydrogens is 378 g/mol. The van der Waals surface area contributed by atoms with E-state index in [2.05, 4.69) is 4.98 Å². The fourth-order valence-electron chi connectivity index (χ4n) is 3.98. The van der Waals surface area contributed by atoms with Crippen LogP contribution in [0.4, 0.5) is 0 Å². The standard InChI is InChI=1S/C24H31N3O3/c1-18(2)14-22(28)27-12-13-30-24(17-27,23(29)26(3)4)15-19-8-5-6-10-21(19)20-9-7-11-25-16-20/h5-11,16,18H,12-15,17H2,1-4H3/t24-/m0/s1. The van der Waals surface area contributed by atoms with E-state index in [0.29, 0.717) is 26.0 Å². The largest absolute Gasteiger partial charge is 0.361 e. The predicted octanol–water partition coefficient (Wildman–Crippen LogP) is 3.02. The van der Waals surface area contributed by atoms with Crippen molar-refractivity contribution in [2.45, 2.75) is 32.3 Å². The van der Waals surface area contributed by atoms with Crippen LogP contribution in [0.1, 0.15) is 25.8 Å². The molecule has 1 fully saturated rings. The summed E-state index contributed by atoms with van der Waals surface area (Å²) >= 11 is 0. The van der Waals surface area contributed by atoms with Crippen LogP contribution in [0.3, 0.4) is 0 Å². The van der Waals surface area contributed by atoms with E-state index in [1.54, 1.807) is 30.1 Å². The van der Waals surface area contributed by atoms with Crippen LogP contribution in [0.25, 0.3) is 11.1 Å². The van der Waals surface area contributed by atoms with Gasteiger partial charge >= 0.3 is 0 Å². The minimum Gasteiger partial charge on any atom is -0.361 e.